The van der Waals surface area contributed by atoms with Crippen LogP contribution in [0.15, 0.2) is 36.4 Å². The van der Waals surface area contributed by atoms with Crippen LogP contribution in [0.1, 0.15) is 27.0 Å². The molecule has 1 aromatic heterocycles. The SMILES string of the molecule is CCOc1ccc(C(=O)c2ccc(CC(=O)OC)s2)cc1. The Morgan fingerprint density at radius 3 is 2.43 bits per heavy atom. The highest BCUT2D eigenvalue weighted by Crippen LogP contribution is 2.22. The van der Waals surface area contributed by atoms with Gasteiger partial charge in [-0.05, 0) is 43.3 Å². The van der Waals surface area contributed by atoms with Gasteiger partial charge in [-0.3, -0.25) is 9.59 Å². The molecule has 110 valence electrons. The standard InChI is InChI=1S/C16H16O4S/c1-3-20-12-6-4-11(5-7-12)16(18)14-9-8-13(21-14)10-15(17)19-2/h4-9H,3,10H2,1-2H3. The van der Waals surface area contributed by atoms with Crippen LogP contribution in [0.2, 0.25) is 0 Å². The first-order valence-corrected chi connectivity index (χ1v) is 7.38. The van der Waals surface area contributed by atoms with E-state index in [1.807, 2.05) is 6.92 Å². The number of benzene rings is 1. The monoisotopic (exact) mass is 304 g/mol. The molecule has 21 heavy (non-hydrogen) atoms. The Labute approximate surface area is 127 Å². The van der Waals surface area contributed by atoms with E-state index < -0.39 is 0 Å². The quantitative estimate of drug-likeness (QED) is 0.608. The van der Waals surface area contributed by atoms with Gasteiger partial charge in [0.25, 0.3) is 0 Å². The number of hydrogen-bond donors (Lipinski definition) is 0. The zero-order valence-electron chi connectivity index (χ0n) is 11.9. The average Bonchev–Trinajstić information content (AvgIpc) is 2.96. The van der Waals surface area contributed by atoms with Gasteiger partial charge in [0.1, 0.15) is 5.75 Å². The molecule has 0 aliphatic carbocycles. The first-order valence-electron chi connectivity index (χ1n) is 6.57. The van der Waals surface area contributed by atoms with Gasteiger partial charge in [-0.2, -0.15) is 0 Å². The lowest BCUT2D eigenvalue weighted by Crippen LogP contribution is -2.02. The van der Waals surface area contributed by atoms with Gasteiger partial charge in [0, 0.05) is 10.4 Å². The van der Waals surface area contributed by atoms with E-state index in [9.17, 15) is 9.59 Å². The fraction of sp³-hybridized carbons (Fsp3) is 0.250. The van der Waals surface area contributed by atoms with Crippen molar-refractivity contribution in [1.29, 1.82) is 0 Å². The van der Waals surface area contributed by atoms with Crippen molar-refractivity contribution in [2.75, 3.05) is 13.7 Å². The number of methoxy groups -OCH3 is 1. The summed E-state index contributed by atoms with van der Waals surface area (Å²) in [5.74, 6) is 0.377. The maximum Gasteiger partial charge on any atom is 0.310 e. The lowest BCUT2D eigenvalue weighted by Gasteiger charge is -2.03. The molecular formula is C16H16O4S. The van der Waals surface area contributed by atoms with Crippen LogP contribution in [0.4, 0.5) is 0 Å². The summed E-state index contributed by atoms with van der Waals surface area (Å²) >= 11 is 1.31. The fourth-order valence-corrected chi connectivity index (χ4v) is 2.78. The normalized spacial score (nSPS) is 10.2. The Morgan fingerprint density at radius 2 is 1.81 bits per heavy atom. The first-order chi connectivity index (χ1) is 10.1. The van der Waals surface area contributed by atoms with Gasteiger partial charge in [0.05, 0.1) is 25.0 Å². The van der Waals surface area contributed by atoms with E-state index in [0.29, 0.717) is 17.0 Å². The van der Waals surface area contributed by atoms with Crippen LogP contribution >= 0.6 is 11.3 Å². The Balaban J connectivity index is 2.10. The maximum absolute atomic E-state index is 12.3. The predicted molar refractivity (Wildman–Crippen MR) is 81.1 cm³/mol. The van der Waals surface area contributed by atoms with E-state index in [4.69, 9.17) is 4.74 Å². The molecular weight excluding hydrogens is 288 g/mol. The Morgan fingerprint density at radius 1 is 1.10 bits per heavy atom. The van der Waals surface area contributed by atoms with Crippen molar-refractivity contribution >= 4 is 23.1 Å². The lowest BCUT2D eigenvalue weighted by molar-refractivity contribution is -0.139. The number of ketones is 1. The summed E-state index contributed by atoms with van der Waals surface area (Å²) in [5.41, 5.74) is 0.602. The summed E-state index contributed by atoms with van der Waals surface area (Å²) in [5, 5.41) is 0. The fourth-order valence-electron chi connectivity index (χ4n) is 1.82. The molecule has 0 radical (unpaired) electrons. The summed E-state index contributed by atoms with van der Waals surface area (Å²) < 4.78 is 9.96. The van der Waals surface area contributed by atoms with Crippen LogP contribution in [-0.4, -0.2) is 25.5 Å². The van der Waals surface area contributed by atoms with E-state index in [-0.39, 0.29) is 18.2 Å². The molecule has 1 heterocycles. The molecule has 0 fully saturated rings. The molecule has 0 aliphatic rings. The molecule has 5 heteroatoms. The number of rotatable bonds is 6. The zero-order chi connectivity index (χ0) is 15.2. The summed E-state index contributed by atoms with van der Waals surface area (Å²) in [7, 11) is 1.35. The van der Waals surface area contributed by atoms with Gasteiger partial charge < -0.3 is 9.47 Å². The number of carbonyl (C=O) groups excluding carboxylic acids is 2. The van der Waals surface area contributed by atoms with Gasteiger partial charge >= 0.3 is 5.97 Å². The predicted octanol–water partition coefficient (Wildman–Crippen LogP) is 3.09. The molecule has 0 spiro atoms. The van der Waals surface area contributed by atoms with Crippen LogP contribution in [0.25, 0.3) is 0 Å². The minimum Gasteiger partial charge on any atom is -0.494 e. The van der Waals surface area contributed by atoms with Crippen molar-refractivity contribution < 1.29 is 19.1 Å². The highest BCUT2D eigenvalue weighted by molar-refractivity contribution is 7.14. The smallest absolute Gasteiger partial charge is 0.310 e. The second-order valence-corrected chi connectivity index (χ2v) is 5.47. The highest BCUT2D eigenvalue weighted by atomic mass is 32.1. The molecule has 0 unspecified atom stereocenters. The van der Waals surface area contributed by atoms with Gasteiger partial charge in [0.15, 0.2) is 0 Å². The van der Waals surface area contributed by atoms with Crippen LogP contribution in [0, 0.1) is 0 Å². The lowest BCUT2D eigenvalue weighted by atomic mass is 10.1. The Kier molecular flexibility index (Phi) is 5.11. The van der Waals surface area contributed by atoms with Crippen molar-refractivity contribution in [3.05, 3.63) is 51.7 Å². The number of hydrogen-bond acceptors (Lipinski definition) is 5. The van der Waals surface area contributed by atoms with E-state index >= 15 is 0 Å². The van der Waals surface area contributed by atoms with Gasteiger partial charge in [-0.25, -0.2) is 0 Å². The van der Waals surface area contributed by atoms with E-state index in [1.54, 1.807) is 36.4 Å². The van der Waals surface area contributed by atoms with Crippen molar-refractivity contribution in [2.45, 2.75) is 13.3 Å². The number of thiophene rings is 1. The van der Waals surface area contributed by atoms with Crippen molar-refractivity contribution in [3.8, 4) is 5.75 Å². The van der Waals surface area contributed by atoms with Crippen molar-refractivity contribution in [3.63, 3.8) is 0 Å². The Bertz CT molecular complexity index is 628. The number of esters is 1. The molecule has 0 atom stereocenters. The average molecular weight is 304 g/mol. The van der Waals surface area contributed by atoms with Crippen LogP contribution in [0.5, 0.6) is 5.75 Å². The molecule has 0 amide bonds. The van der Waals surface area contributed by atoms with E-state index in [0.717, 1.165) is 10.6 Å². The van der Waals surface area contributed by atoms with E-state index in [2.05, 4.69) is 4.74 Å². The second-order valence-electron chi connectivity index (χ2n) is 4.31. The topological polar surface area (TPSA) is 52.6 Å². The molecule has 0 N–H and O–H groups in total. The van der Waals surface area contributed by atoms with Crippen LogP contribution in [0.3, 0.4) is 0 Å². The maximum atomic E-state index is 12.3. The summed E-state index contributed by atoms with van der Waals surface area (Å²) in [6.45, 7) is 2.50. The number of carbonyl (C=O) groups is 2. The van der Waals surface area contributed by atoms with Gasteiger partial charge in [0.2, 0.25) is 5.78 Å². The minimum absolute atomic E-state index is 0.0563. The van der Waals surface area contributed by atoms with Crippen LogP contribution in [-0.2, 0) is 16.0 Å². The first kappa shape index (κ1) is 15.3. The highest BCUT2D eigenvalue weighted by Gasteiger charge is 2.13. The molecule has 4 nitrogen and oxygen atoms in total. The largest absolute Gasteiger partial charge is 0.494 e. The van der Waals surface area contributed by atoms with Gasteiger partial charge in [-0.1, -0.05) is 0 Å². The molecule has 0 saturated heterocycles. The van der Waals surface area contributed by atoms with E-state index in [1.165, 1.54) is 18.4 Å². The van der Waals surface area contributed by atoms with Crippen molar-refractivity contribution in [2.24, 2.45) is 0 Å². The summed E-state index contributed by atoms with van der Waals surface area (Å²) in [6, 6.07) is 10.6. The third-order valence-corrected chi connectivity index (χ3v) is 3.94. The molecule has 0 bridgehead atoms. The second kappa shape index (κ2) is 7.04. The van der Waals surface area contributed by atoms with Crippen molar-refractivity contribution in [1.82, 2.24) is 0 Å². The van der Waals surface area contributed by atoms with Crippen LogP contribution < -0.4 is 4.74 Å². The summed E-state index contributed by atoms with van der Waals surface area (Å²) in [4.78, 5) is 25.0. The summed E-state index contributed by atoms with van der Waals surface area (Å²) in [6.07, 6.45) is 0.192. The Hall–Kier alpha value is -2.14. The molecule has 2 rings (SSSR count). The molecule has 0 saturated carbocycles. The third-order valence-electron chi connectivity index (χ3n) is 2.86. The molecule has 2 aromatic rings. The zero-order valence-corrected chi connectivity index (χ0v) is 12.7. The third kappa shape index (κ3) is 3.92. The minimum atomic E-state index is -0.308. The molecule has 1 aromatic carbocycles. The van der Waals surface area contributed by atoms with Gasteiger partial charge in [-0.15, -0.1) is 11.3 Å². The number of ether oxygens (including phenoxy) is 2. The molecule has 0 aliphatic heterocycles.